The average molecular weight is 421 g/mol. The van der Waals surface area contributed by atoms with Gasteiger partial charge in [0, 0.05) is 31.6 Å². The molecular weight excluding hydrogens is 395 g/mol. The molecule has 3 rings (SSSR count). The minimum Gasteiger partial charge on any atom is -0.497 e. The van der Waals surface area contributed by atoms with Crippen molar-refractivity contribution in [3.63, 3.8) is 0 Å². The van der Waals surface area contributed by atoms with Gasteiger partial charge in [-0.2, -0.15) is 13.2 Å². The number of methoxy groups -OCH3 is 1. The molecule has 1 aliphatic heterocycles. The Labute approximate surface area is 174 Å². The number of aryl methyl sites for hydroxylation is 1. The molecule has 1 fully saturated rings. The Morgan fingerprint density at radius 2 is 1.70 bits per heavy atom. The lowest BCUT2D eigenvalue weighted by molar-refractivity contribution is -0.137. The average Bonchev–Trinajstić information content (AvgIpc) is 2.76. The van der Waals surface area contributed by atoms with Gasteiger partial charge in [0.1, 0.15) is 5.75 Å². The summed E-state index contributed by atoms with van der Waals surface area (Å²) >= 11 is 0. The highest BCUT2D eigenvalue weighted by molar-refractivity contribution is 5.76. The van der Waals surface area contributed by atoms with Gasteiger partial charge in [0.05, 0.1) is 12.7 Å². The van der Waals surface area contributed by atoms with Gasteiger partial charge in [-0.1, -0.05) is 24.3 Å². The van der Waals surface area contributed by atoms with Crippen LogP contribution in [0.1, 0.15) is 36.0 Å². The molecule has 162 valence electrons. The Morgan fingerprint density at radius 1 is 1.07 bits per heavy atom. The Morgan fingerprint density at radius 3 is 2.27 bits per heavy atom. The summed E-state index contributed by atoms with van der Waals surface area (Å²) in [6, 6.07) is 12.8. The summed E-state index contributed by atoms with van der Waals surface area (Å²) in [7, 11) is 1.62. The highest BCUT2D eigenvalue weighted by Crippen LogP contribution is 2.35. The Bertz CT molecular complexity index is 826. The van der Waals surface area contributed by atoms with Crippen LogP contribution in [0.5, 0.6) is 5.75 Å². The Hall–Kier alpha value is -2.54. The van der Waals surface area contributed by atoms with Gasteiger partial charge >= 0.3 is 6.18 Å². The first kappa shape index (κ1) is 22.2. The molecule has 0 atom stereocenters. The molecular formula is C23H26F3NO3. The van der Waals surface area contributed by atoms with Gasteiger partial charge in [-0.25, -0.2) is 0 Å². The highest BCUT2D eigenvalue weighted by Gasteiger charge is 2.35. The van der Waals surface area contributed by atoms with Crippen molar-refractivity contribution in [1.82, 2.24) is 5.32 Å². The molecule has 1 saturated heterocycles. The van der Waals surface area contributed by atoms with E-state index < -0.39 is 11.7 Å². The smallest absolute Gasteiger partial charge is 0.416 e. The molecule has 0 aliphatic carbocycles. The summed E-state index contributed by atoms with van der Waals surface area (Å²) in [4.78, 5) is 12.4. The lowest BCUT2D eigenvalue weighted by atomic mass is 9.74. The zero-order valence-electron chi connectivity index (χ0n) is 16.9. The van der Waals surface area contributed by atoms with E-state index in [0.29, 0.717) is 31.7 Å². The van der Waals surface area contributed by atoms with Crippen molar-refractivity contribution < 1.29 is 27.4 Å². The fraction of sp³-hybridized carbons (Fsp3) is 0.435. The number of hydrogen-bond acceptors (Lipinski definition) is 3. The maximum atomic E-state index is 12.6. The van der Waals surface area contributed by atoms with Crippen molar-refractivity contribution in [3.8, 4) is 5.75 Å². The molecule has 0 aromatic heterocycles. The van der Waals surface area contributed by atoms with Gasteiger partial charge in [0.15, 0.2) is 0 Å². The van der Waals surface area contributed by atoms with Crippen molar-refractivity contribution in [2.45, 2.75) is 37.3 Å². The highest BCUT2D eigenvalue weighted by atomic mass is 19.4. The van der Waals surface area contributed by atoms with Crippen LogP contribution in [-0.4, -0.2) is 32.8 Å². The van der Waals surface area contributed by atoms with E-state index in [1.165, 1.54) is 12.1 Å². The maximum absolute atomic E-state index is 12.6. The van der Waals surface area contributed by atoms with Crippen LogP contribution in [0.25, 0.3) is 0 Å². The summed E-state index contributed by atoms with van der Waals surface area (Å²) in [6.45, 7) is 1.76. The van der Waals surface area contributed by atoms with Crippen LogP contribution in [0.2, 0.25) is 0 Å². The van der Waals surface area contributed by atoms with Crippen molar-refractivity contribution >= 4 is 5.91 Å². The number of halogens is 3. The lowest BCUT2D eigenvalue weighted by Crippen LogP contribution is -2.44. The summed E-state index contributed by atoms with van der Waals surface area (Å²) in [5.41, 5.74) is 0.953. The van der Waals surface area contributed by atoms with E-state index in [1.54, 1.807) is 7.11 Å². The fourth-order valence-electron chi connectivity index (χ4n) is 3.75. The predicted octanol–water partition coefficient (Wildman–Crippen LogP) is 4.51. The largest absolute Gasteiger partial charge is 0.497 e. The quantitative estimate of drug-likeness (QED) is 0.716. The first-order chi connectivity index (χ1) is 14.3. The van der Waals surface area contributed by atoms with Crippen LogP contribution in [0.4, 0.5) is 13.2 Å². The van der Waals surface area contributed by atoms with Crippen LogP contribution in [0.3, 0.4) is 0 Å². The van der Waals surface area contributed by atoms with Crippen molar-refractivity contribution in [3.05, 3.63) is 65.2 Å². The van der Waals surface area contributed by atoms with Crippen LogP contribution in [0, 0.1) is 0 Å². The zero-order chi connectivity index (χ0) is 21.6. The van der Waals surface area contributed by atoms with E-state index in [9.17, 15) is 18.0 Å². The van der Waals surface area contributed by atoms with E-state index in [2.05, 4.69) is 5.32 Å². The molecule has 4 nitrogen and oxygen atoms in total. The predicted molar refractivity (Wildman–Crippen MR) is 107 cm³/mol. The van der Waals surface area contributed by atoms with Crippen LogP contribution < -0.4 is 10.1 Å². The summed E-state index contributed by atoms with van der Waals surface area (Å²) in [5, 5.41) is 3.02. The number of amides is 1. The SMILES string of the molecule is COc1ccc(C2(CNC(=O)CCc3ccc(C(F)(F)F)cc3)CCOCC2)cc1. The molecule has 2 aromatic rings. The van der Waals surface area contributed by atoms with Gasteiger partial charge < -0.3 is 14.8 Å². The Balaban J connectivity index is 1.58. The van der Waals surface area contributed by atoms with E-state index in [1.807, 2.05) is 24.3 Å². The number of rotatable bonds is 7. The van der Waals surface area contributed by atoms with Gasteiger partial charge in [0.2, 0.25) is 5.91 Å². The minimum absolute atomic E-state index is 0.116. The monoisotopic (exact) mass is 421 g/mol. The van der Waals surface area contributed by atoms with Gasteiger partial charge in [-0.3, -0.25) is 4.79 Å². The first-order valence-corrected chi connectivity index (χ1v) is 9.97. The van der Waals surface area contributed by atoms with E-state index in [0.717, 1.165) is 36.3 Å². The molecule has 1 heterocycles. The normalized spacial score (nSPS) is 16.1. The topological polar surface area (TPSA) is 47.6 Å². The molecule has 1 N–H and O–H groups in total. The molecule has 2 aromatic carbocycles. The maximum Gasteiger partial charge on any atom is 0.416 e. The van der Waals surface area contributed by atoms with Crippen molar-refractivity contribution in [2.75, 3.05) is 26.9 Å². The number of carbonyl (C=O) groups is 1. The first-order valence-electron chi connectivity index (χ1n) is 9.97. The molecule has 30 heavy (non-hydrogen) atoms. The second-order valence-electron chi connectivity index (χ2n) is 7.59. The van der Waals surface area contributed by atoms with Gasteiger partial charge in [0.25, 0.3) is 0 Å². The summed E-state index contributed by atoms with van der Waals surface area (Å²) in [6.07, 6.45) is -2.13. The summed E-state index contributed by atoms with van der Waals surface area (Å²) < 4.78 is 48.7. The lowest BCUT2D eigenvalue weighted by Gasteiger charge is -2.38. The number of benzene rings is 2. The molecule has 1 aliphatic rings. The van der Waals surface area contributed by atoms with E-state index >= 15 is 0 Å². The number of hydrogen-bond donors (Lipinski definition) is 1. The molecule has 1 amide bonds. The molecule has 0 saturated carbocycles. The second kappa shape index (κ2) is 9.51. The van der Waals surface area contributed by atoms with Crippen LogP contribution >= 0.6 is 0 Å². The standard InChI is InChI=1S/C23H26F3NO3/c1-29-20-9-7-18(8-10-20)22(12-14-30-15-13-22)16-27-21(28)11-4-17-2-5-19(6-3-17)23(24,25)26/h2-3,5-10H,4,11-16H2,1H3,(H,27,28). The number of ether oxygens (including phenoxy) is 2. The third-order valence-electron chi connectivity index (χ3n) is 5.70. The molecule has 0 unspecified atom stereocenters. The summed E-state index contributed by atoms with van der Waals surface area (Å²) in [5.74, 6) is 0.663. The molecule has 0 radical (unpaired) electrons. The number of carbonyl (C=O) groups excluding carboxylic acids is 1. The molecule has 0 spiro atoms. The van der Waals surface area contributed by atoms with Crippen LogP contribution in [-0.2, 0) is 27.5 Å². The third-order valence-corrected chi connectivity index (χ3v) is 5.70. The number of nitrogens with one attached hydrogen (secondary N) is 1. The van der Waals surface area contributed by atoms with Crippen molar-refractivity contribution in [2.24, 2.45) is 0 Å². The third kappa shape index (κ3) is 5.53. The minimum atomic E-state index is -4.35. The Kier molecular flexibility index (Phi) is 7.02. The van der Waals surface area contributed by atoms with Crippen LogP contribution in [0.15, 0.2) is 48.5 Å². The van der Waals surface area contributed by atoms with Gasteiger partial charge in [-0.05, 0) is 54.7 Å². The molecule has 7 heteroatoms. The zero-order valence-corrected chi connectivity index (χ0v) is 16.9. The number of alkyl halides is 3. The van der Waals surface area contributed by atoms with E-state index in [4.69, 9.17) is 9.47 Å². The van der Waals surface area contributed by atoms with Crippen molar-refractivity contribution in [1.29, 1.82) is 0 Å². The molecule has 0 bridgehead atoms. The fourth-order valence-corrected chi connectivity index (χ4v) is 3.75. The van der Waals surface area contributed by atoms with E-state index in [-0.39, 0.29) is 17.7 Å². The van der Waals surface area contributed by atoms with Gasteiger partial charge in [-0.15, -0.1) is 0 Å². The second-order valence-corrected chi connectivity index (χ2v) is 7.59.